The second-order valence-corrected chi connectivity index (χ2v) is 5.47. The lowest BCUT2D eigenvalue weighted by atomic mass is 10.1. The van der Waals surface area contributed by atoms with E-state index in [0.717, 1.165) is 16.8 Å². The van der Waals surface area contributed by atoms with Crippen molar-refractivity contribution in [3.63, 3.8) is 0 Å². The van der Waals surface area contributed by atoms with E-state index in [-0.39, 0.29) is 5.75 Å². The zero-order valence-corrected chi connectivity index (χ0v) is 13.3. The number of rotatable bonds is 5. The summed E-state index contributed by atoms with van der Waals surface area (Å²) in [6.45, 7) is -1.32. The minimum atomic E-state index is -4.37. The molecule has 5 heteroatoms. The van der Waals surface area contributed by atoms with Crippen LogP contribution in [0.4, 0.5) is 24.5 Å². The summed E-state index contributed by atoms with van der Waals surface area (Å²) in [5.41, 5.74) is 3.41. The topological polar surface area (TPSA) is 21.3 Å². The summed E-state index contributed by atoms with van der Waals surface area (Å²) in [6, 6.07) is 24.1. The van der Waals surface area contributed by atoms with Crippen LogP contribution in [0.1, 0.15) is 0 Å². The molecule has 0 unspecified atom stereocenters. The highest BCUT2D eigenvalue weighted by Crippen LogP contribution is 2.30. The van der Waals surface area contributed by atoms with E-state index in [0.29, 0.717) is 5.69 Å². The number of benzene rings is 3. The van der Waals surface area contributed by atoms with Crippen LogP contribution in [0.2, 0.25) is 0 Å². The maximum absolute atomic E-state index is 12.4. The third kappa shape index (κ3) is 4.76. The van der Waals surface area contributed by atoms with Crippen LogP contribution >= 0.6 is 0 Å². The largest absolute Gasteiger partial charge is 0.482 e. The number of para-hydroxylation sites is 2. The smallest absolute Gasteiger partial charge is 0.422 e. The lowest BCUT2D eigenvalue weighted by Gasteiger charge is -2.14. The Morgan fingerprint density at radius 3 is 2.00 bits per heavy atom. The molecule has 0 saturated carbocycles. The maximum Gasteiger partial charge on any atom is 0.422 e. The number of nitrogens with one attached hydrogen (secondary N) is 1. The molecule has 3 rings (SSSR count). The average Bonchev–Trinajstić information content (AvgIpc) is 2.62. The summed E-state index contributed by atoms with van der Waals surface area (Å²) in [5.74, 6) is 0.159. The third-order valence-corrected chi connectivity index (χ3v) is 3.55. The minimum absolute atomic E-state index is 0.159. The molecule has 0 heterocycles. The Balaban J connectivity index is 1.74. The number of ether oxygens (including phenoxy) is 1. The van der Waals surface area contributed by atoms with Gasteiger partial charge in [-0.05, 0) is 35.4 Å². The Morgan fingerprint density at radius 1 is 0.720 bits per heavy atom. The second kappa shape index (κ2) is 7.30. The van der Waals surface area contributed by atoms with Gasteiger partial charge in [-0.15, -0.1) is 0 Å². The van der Waals surface area contributed by atoms with Gasteiger partial charge in [-0.1, -0.05) is 54.6 Å². The molecule has 0 radical (unpaired) electrons. The average molecular weight is 343 g/mol. The van der Waals surface area contributed by atoms with Crippen LogP contribution in [0.3, 0.4) is 0 Å². The molecule has 0 bridgehead atoms. The van der Waals surface area contributed by atoms with Gasteiger partial charge in [-0.2, -0.15) is 13.2 Å². The third-order valence-electron chi connectivity index (χ3n) is 3.55. The summed E-state index contributed by atoms with van der Waals surface area (Å²) >= 11 is 0. The first kappa shape index (κ1) is 16.9. The van der Waals surface area contributed by atoms with Crippen LogP contribution in [-0.2, 0) is 0 Å². The lowest BCUT2D eigenvalue weighted by molar-refractivity contribution is -0.153. The summed E-state index contributed by atoms with van der Waals surface area (Å²) in [4.78, 5) is 0. The van der Waals surface area contributed by atoms with E-state index in [1.54, 1.807) is 18.2 Å². The predicted octanol–water partition coefficient (Wildman–Crippen LogP) is 6.04. The molecule has 0 amide bonds. The molecule has 0 spiro atoms. The number of hydrogen-bond donors (Lipinski definition) is 1. The van der Waals surface area contributed by atoms with Gasteiger partial charge in [-0.3, -0.25) is 0 Å². The first-order chi connectivity index (χ1) is 12.0. The van der Waals surface area contributed by atoms with Crippen LogP contribution in [-0.4, -0.2) is 12.8 Å². The van der Waals surface area contributed by atoms with Crippen molar-refractivity contribution in [2.24, 2.45) is 0 Å². The van der Waals surface area contributed by atoms with Gasteiger partial charge in [0.05, 0.1) is 5.69 Å². The Labute approximate surface area is 143 Å². The van der Waals surface area contributed by atoms with Gasteiger partial charge in [-0.25, -0.2) is 0 Å². The molecular formula is C20H16F3NO. The Morgan fingerprint density at radius 2 is 1.32 bits per heavy atom. The molecule has 25 heavy (non-hydrogen) atoms. The zero-order valence-electron chi connectivity index (χ0n) is 13.3. The summed E-state index contributed by atoms with van der Waals surface area (Å²) in [5, 5.41) is 3.10. The fourth-order valence-electron chi connectivity index (χ4n) is 2.39. The van der Waals surface area contributed by atoms with Gasteiger partial charge >= 0.3 is 6.18 Å². The van der Waals surface area contributed by atoms with E-state index in [4.69, 9.17) is 4.74 Å². The lowest BCUT2D eigenvalue weighted by Crippen LogP contribution is -2.19. The van der Waals surface area contributed by atoms with E-state index in [1.807, 2.05) is 54.6 Å². The van der Waals surface area contributed by atoms with Gasteiger partial charge < -0.3 is 10.1 Å². The van der Waals surface area contributed by atoms with Gasteiger partial charge in [0, 0.05) is 5.69 Å². The highest BCUT2D eigenvalue weighted by atomic mass is 19.4. The molecule has 0 aromatic heterocycles. The molecular weight excluding hydrogens is 327 g/mol. The van der Waals surface area contributed by atoms with Crippen LogP contribution in [0.25, 0.3) is 11.1 Å². The van der Waals surface area contributed by atoms with Crippen molar-refractivity contribution in [1.29, 1.82) is 0 Å². The van der Waals surface area contributed by atoms with Crippen LogP contribution in [0.5, 0.6) is 5.75 Å². The second-order valence-electron chi connectivity index (χ2n) is 5.47. The van der Waals surface area contributed by atoms with Crippen molar-refractivity contribution >= 4 is 11.4 Å². The van der Waals surface area contributed by atoms with E-state index < -0.39 is 12.8 Å². The van der Waals surface area contributed by atoms with E-state index in [9.17, 15) is 13.2 Å². The number of alkyl halides is 3. The molecule has 3 aromatic rings. The molecule has 0 saturated heterocycles. The normalized spacial score (nSPS) is 11.2. The first-order valence-electron chi connectivity index (χ1n) is 7.72. The molecule has 3 aromatic carbocycles. The van der Waals surface area contributed by atoms with Crippen molar-refractivity contribution in [2.45, 2.75) is 6.18 Å². The van der Waals surface area contributed by atoms with Crippen molar-refractivity contribution in [3.05, 3.63) is 78.9 Å². The highest BCUT2D eigenvalue weighted by Gasteiger charge is 2.28. The van der Waals surface area contributed by atoms with Crippen LogP contribution in [0, 0.1) is 0 Å². The number of halogens is 3. The van der Waals surface area contributed by atoms with Gasteiger partial charge in [0.15, 0.2) is 6.61 Å². The molecule has 0 aliphatic carbocycles. The minimum Gasteiger partial charge on any atom is -0.482 e. The van der Waals surface area contributed by atoms with Crippen molar-refractivity contribution in [3.8, 4) is 16.9 Å². The number of anilines is 2. The Bertz CT molecular complexity index is 814. The Kier molecular flexibility index (Phi) is 4.93. The summed E-state index contributed by atoms with van der Waals surface area (Å²) in [6.07, 6.45) is -4.37. The fourth-order valence-corrected chi connectivity index (χ4v) is 2.39. The SMILES string of the molecule is FC(F)(F)COc1ccccc1Nc1ccc(-c2ccccc2)cc1. The van der Waals surface area contributed by atoms with Gasteiger partial charge in [0.25, 0.3) is 0 Å². The predicted molar refractivity (Wildman–Crippen MR) is 93.2 cm³/mol. The molecule has 0 fully saturated rings. The maximum atomic E-state index is 12.4. The van der Waals surface area contributed by atoms with E-state index in [2.05, 4.69) is 5.32 Å². The van der Waals surface area contributed by atoms with Crippen molar-refractivity contribution < 1.29 is 17.9 Å². The van der Waals surface area contributed by atoms with Crippen LogP contribution < -0.4 is 10.1 Å². The highest BCUT2D eigenvalue weighted by molar-refractivity contribution is 5.70. The molecule has 128 valence electrons. The first-order valence-corrected chi connectivity index (χ1v) is 7.72. The molecule has 0 aliphatic rings. The van der Waals surface area contributed by atoms with Crippen molar-refractivity contribution in [1.82, 2.24) is 0 Å². The quantitative estimate of drug-likeness (QED) is 0.610. The van der Waals surface area contributed by atoms with Crippen LogP contribution in [0.15, 0.2) is 78.9 Å². The molecule has 2 nitrogen and oxygen atoms in total. The Hall–Kier alpha value is -2.95. The van der Waals surface area contributed by atoms with Gasteiger partial charge in [0.1, 0.15) is 5.75 Å². The summed E-state index contributed by atoms with van der Waals surface area (Å²) in [7, 11) is 0. The number of hydrogen-bond acceptors (Lipinski definition) is 2. The van der Waals surface area contributed by atoms with E-state index in [1.165, 1.54) is 6.07 Å². The van der Waals surface area contributed by atoms with Gasteiger partial charge in [0.2, 0.25) is 0 Å². The summed E-state index contributed by atoms with van der Waals surface area (Å²) < 4.78 is 42.0. The van der Waals surface area contributed by atoms with E-state index >= 15 is 0 Å². The molecule has 0 aliphatic heterocycles. The molecule has 1 N–H and O–H groups in total. The monoisotopic (exact) mass is 343 g/mol. The van der Waals surface area contributed by atoms with Crippen molar-refractivity contribution in [2.75, 3.05) is 11.9 Å². The molecule has 0 atom stereocenters. The fraction of sp³-hybridized carbons (Fsp3) is 0.100. The zero-order chi connectivity index (χ0) is 17.7. The standard InChI is InChI=1S/C20H16F3NO/c21-20(22,23)14-25-19-9-5-4-8-18(19)24-17-12-10-16(11-13-17)15-6-2-1-3-7-15/h1-13,24H,14H2.